The number of aryl methyl sites for hydroxylation is 1. The number of carbonyl (C=O) groups is 1. The van der Waals surface area contributed by atoms with Gasteiger partial charge in [-0.1, -0.05) is 0 Å². The Hall–Kier alpha value is -3.28. The molecule has 3 aromatic rings. The molecule has 0 bridgehead atoms. The van der Waals surface area contributed by atoms with Crippen LogP contribution in [0.3, 0.4) is 0 Å². The lowest BCUT2D eigenvalue weighted by molar-refractivity contribution is 0.102. The molecule has 0 atom stereocenters. The number of aromatic nitrogens is 2. The third-order valence-corrected chi connectivity index (χ3v) is 3.57. The Bertz CT molecular complexity index is 935. The zero-order chi connectivity index (χ0) is 17.1. The molecule has 120 valence electrons. The van der Waals surface area contributed by atoms with Crippen molar-refractivity contribution < 1.29 is 9.18 Å². The Balaban J connectivity index is 2.02. The third kappa shape index (κ3) is 3.08. The van der Waals surface area contributed by atoms with E-state index in [1.807, 2.05) is 0 Å². The molecule has 1 aromatic carbocycles. The fourth-order valence-electron chi connectivity index (χ4n) is 2.34. The maximum absolute atomic E-state index is 13.1. The number of hydrogen-bond donors (Lipinski definition) is 1. The van der Waals surface area contributed by atoms with Crippen LogP contribution in [0.1, 0.15) is 15.9 Å². The molecule has 0 spiro atoms. The summed E-state index contributed by atoms with van der Waals surface area (Å²) < 4.78 is 14.4. The van der Waals surface area contributed by atoms with Crippen LogP contribution >= 0.6 is 0 Å². The van der Waals surface area contributed by atoms with E-state index in [4.69, 9.17) is 0 Å². The number of anilines is 1. The van der Waals surface area contributed by atoms with Gasteiger partial charge >= 0.3 is 0 Å². The average Bonchev–Trinajstić information content (AvgIpc) is 2.57. The van der Waals surface area contributed by atoms with Gasteiger partial charge < -0.3 is 5.32 Å². The van der Waals surface area contributed by atoms with Crippen LogP contribution in [-0.2, 0) is 0 Å². The van der Waals surface area contributed by atoms with Crippen LogP contribution in [0.2, 0.25) is 0 Å². The van der Waals surface area contributed by atoms with Crippen LogP contribution in [0.25, 0.3) is 5.69 Å². The number of nitrogens with one attached hydrogen (secondary N) is 1. The van der Waals surface area contributed by atoms with Gasteiger partial charge in [0.25, 0.3) is 11.5 Å². The molecule has 0 radical (unpaired) electrons. The number of nitrogens with zero attached hydrogens (tertiary/aromatic N) is 2. The van der Waals surface area contributed by atoms with E-state index in [0.29, 0.717) is 16.9 Å². The minimum atomic E-state index is -0.500. The molecule has 5 nitrogen and oxygen atoms in total. The van der Waals surface area contributed by atoms with E-state index >= 15 is 0 Å². The smallest absolute Gasteiger partial charge is 0.268 e. The van der Waals surface area contributed by atoms with E-state index in [-0.39, 0.29) is 5.56 Å². The van der Waals surface area contributed by atoms with Crippen molar-refractivity contribution in [3.8, 4) is 5.69 Å². The van der Waals surface area contributed by atoms with Gasteiger partial charge in [-0.3, -0.25) is 19.1 Å². The summed E-state index contributed by atoms with van der Waals surface area (Å²) in [6, 6.07) is 10.4. The number of amides is 1. The van der Waals surface area contributed by atoms with Crippen molar-refractivity contribution in [2.24, 2.45) is 0 Å². The topological polar surface area (TPSA) is 64.0 Å². The Morgan fingerprint density at radius 2 is 1.75 bits per heavy atom. The van der Waals surface area contributed by atoms with Crippen molar-refractivity contribution in [3.63, 3.8) is 0 Å². The largest absolute Gasteiger partial charge is 0.322 e. The van der Waals surface area contributed by atoms with Gasteiger partial charge in [0, 0.05) is 30.0 Å². The summed E-state index contributed by atoms with van der Waals surface area (Å²) in [5.74, 6) is -0.894. The van der Waals surface area contributed by atoms with E-state index in [9.17, 15) is 14.0 Å². The lowest BCUT2D eigenvalue weighted by atomic mass is 10.1. The number of halogens is 1. The predicted octanol–water partition coefficient (Wildman–Crippen LogP) is 2.93. The molecular weight excluding hydrogens is 309 g/mol. The van der Waals surface area contributed by atoms with Gasteiger partial charge in [0.05, 0.1) is 0 Å². The first kappa shape index (κ1) is 15.6. The van der Waals surface area contributed by atoms with Crippen molar-refractivity contribution in [1.82, 2.24) is 9.55 Å². The van der Waals surface area contributed by atoms with Gasteiger partial charge in [-0.05, 0) is 55.0 Å². The molecule has 24 heavy (non-hydrogen) atoms. The van der Waals surface area contributed by atoms with Gasteiger partial charge in [-0.25, -0.2) is 4.39 Å². The van der Waals surface area contributed by atoms with Gasteiger partial charge in [0.1, 0.15) is 11.4 Å². The molecule has 1 amide bonds. The first-order valence-electron chi connectivity index (χ1n) is 7.26. The first-order chi connectivity index (χ1) is 11.6. The number of rotatable bonds is 3. The van der Waals surface area contributed by atoms with Crippen molar-refractivity contribution in [1.29, 1.82) is 0 Å². The van der Waals surface area contributed by atoms with Gasteiger partial charge in [0.2, 0.25) is 0 Å². The number of benzene rings is 1. The van der Waals surface area contributed by atoms with E-state index < -0.39 is 17.3 Å². The molecule has 0 fully saturated rings. The molecule has 0 saturated carbocycles. The number of carbonyl (C=O) groups excluding carboxylic acids is 1. The summed E-state index contributed by atoms with van der Waals surface area (Å²) in [5.41, 5.74) is 1.17. The molecule has 0 aliphatic carbocycles. The van der Waals surface area contributed by atoms with Gasteiger partial charge in [0.15, 0.2) is 0 Å². The highest BCUT2D eigenvalue weighted by Crippen LogP contribution is 2.11. The van der Waals surface area contributed by atoms with Crippen LogP contribution in [0, 0.1) is 12.7 Å². The average molecular weight is 323 g/mol. The standard InChI is InChI=1S/C18H14FN3O2/c1-12-8-11-22(15-4-2-13(19)3-5-15)18(24)16(12)17(23)21-14-6-9-20-10-7-14/h2-11H,1H3,(H,20,21,23). The van der Waals surface area contributed by atoms with Crippen LogP contribution in [0.15, 0.2) is 65.8 Å². The zero-order valence-electron chi connectivity index (χ0n) is 12.9. The number of hydrogen-bond acceptors (Lipinski definition) is 3. The van der Waals surface area contributed by atoms with E-state index in [1.165, 1.54) is 28.8 Å². The van der Waals surface area contributed by atoms with Crippen molar-refractivity contribution in [3.05, 3.63) is 88.4 Å². The molecule has 0 saturated heterocycles. The molecule has 1 N–H and O–H groups in total. The SMILES string of the molecule is Cc1ccn(-c2ccc(F)cc2)c(=O)c1C(=O)Nc1ccncc1. The fourth-order valence-corrected chi connectivity index (χ4v) is 2.34. The van der Waals surface area contributed by atoms with Crippen molar-refractivity contribution in [2.75, 3.05) is 5.32 Å². The minimum absolute atomic E-state index is 0.0404. The lowest BCUT2D eigenvalue weighted by Gasteiger charge is -2.11. The van der Waals surface area contributed by atoms with Gasteiger partial charge in [-0.2, -0.15) is 0 Å². The first-order valence-corrected chi connectivity index (χ1v) is 7.26. The highest BCUT2D eigenvalue weighted by atomic mass is 19.1. The maximum Gasteiger partial charge on any atom is 0.268 e. The predicted molar refractivity (Wildman–Crippen MR) is 88.9 cm³/mol. The summed E-state index contributed by atoms with van der Waals surface area (Å²) in [5, 5.41) is 2.68. The molecule has 0 unspecified atom stereocenters. The van der Waals surface area contributed by atoms with Crippen LogP contribution in [-0.4, -0.2) is 15.5 Å². The Morgan fingerprint density at radius 3 is 2.42 bits per heavy atom. The Labute approximate surface area is 137 Å². The molecule has 6 heteroatoms. The molecule has 2 aromatic heterocycles. The van der Waals surface area contributed by atoms with Crippen molar-refractivity contribution >= 4 is 11.6 Å². The highest BCUT2D eigenvalue weighted by Gasteiger charge is 2.16. The molecule has 0 aliphatic heterocycles. The number of pyridine rings is 2. The summed E-state index contributed by atoms with van der Waals surface area (Å²) in [7, 11) is 0. The molecule has 3 rings (SSSR count). The van der Waals surface area contributed by atoms with Crippen molar-refractivity contribution in [2.45, 2.75) is 6.92 Å². The zero-order valence-corrected chi connectivity index (χ0v) is 12.9. The Kier molecular flexibility index (Phi) is 4.20. The maximum atomic E-state index is 13.1. The highest BCUT2D eigenvalue weighted by molar-refractivity contribution is 6.05. The molecule has 0 aliphatic rings. The second kappa shape index (κ2) is 6.45. The third-order valence-electron chi connectivity index (χ3n) is 3.57. The Morgan fingerprint density at radius 1 is 1.08 bits per heavy atom. The lowest BCUT2D eigenvalue weighted by Crippen LogP contribution is -2.29. The quantitative estimate of drug-likeness (QED) is 0.806. The van der Waals surface area contributed by atoms with E-state index in [0.717, 1.165) is 0 Å². The fraction of sp³-hybridized carbons (Fsp3) is 0.0556. The second-order valence-electron chi connectivity index (χ2n) is 5.22. The summed E-state index contributed by atoms with van der Waals surface area (Å²) >= 11 is 0. The van der Waals surface area contributed by atoms with Crippen LogP contribution in [0.5, 0.6) is 0 Å². The summed E-state index contributed by atoms with van der Waals surface area (Å²) in [4.78, 5) is 29.1. The summed E-state index contributed by atoms with van der Waals surface area (Å²) in [6.07, 6.45) is 4.66. The van der Waals surface area contributed by atoms with E-state index in [1.54, 1.807) is 43.7 Å². The van der Waals surface area contributed by atoms with E-state index in [2.05, 4.69) is 10.3 Å². The summed E-state index contributed by atoms with van der Waals surface area (Å²) in [6.45, 7) is 1.69. The minimum Gasteiger partial charge on any atom is -0.322 e. The second-order valence-corrected chi connectivity index (χ2v) is 5.22. The van der Waals surface area contributed by atoms with Gasteiger partial charge in [-0.15, -0.1) is 0 Å². The molecular formula is C18H14FN3O2. The van der Waals surface area contributed by atoms with Crippen LogP contribution < -0.4 is 10.9 Å². The molecule has 2 heterocycles. The van der Waals surface area contributed by atoms with Crippen LogP contribution in [0.4, 0.5) is 10.1 Å². The monoisotopic (exact) mass is 323 g/mol. The normalized spacial score (nSPS) is 10.4.